The van der Waals surface area contributed by atoms with E-state index in [4.69, 9.17) is 0 Å². The van der Waals surface area contributed by atoms with E-state index < -0.39 is 15.4 Å². The van der Waals surface area contributed by atoms with Gasteiger partial charge in [0.1, 0.15) is 5.54 Å². The maximum atomic E-state index is 11.6. The summed E-state index contributed by atoms with van der Waals surface area (Å²) < 4.78 is 23.2. The first kappa shape index (κ1) is 16.4. The molecular formula is C13H25N3O2S. The Bertz CT molecular complexity index is 430. The molecule has 1 aliphatic heterocycles. The zero-order chi connectivity index (χ0) is 14.5. The first-order chi connectivity index (χ1) is 8.82. The van der Waals surface area contributed by atoms with Crippen molar-refractivity contribution in [2.75, 3.05) is 31.1 Å². The summed E-state index contributed by atoms with van der Waals surface area (Å²) in [7, 11) is -2.87. The third-order valence-corrected chi connectivity index (χ3v) is 5.45. The molecule has 1 aliphatic rings. The monoisotopic (exact) mass is 287 g/mol. The number of hydrogen-bond donors (Lipinski definition) is 1. The van der Waals surface area contributed by atoms with E-state index in [1.54, 1.807) is 0 Å². The third kappa shape index (κ3) is 5.09. The minimum absolute atomic E-state index is 0.206. The van der Waals surface area contributed by atoms with Crippen LogP contribution in [0.25, 0.3) is 0 Å². The average Bonchev–Trinajstić information content (AvgIpc) is 2.50. The molecule has 6 heteroatoms. The van der Waals surface area contributed by atoms with Crippen LogP contribution in [0.15, 0.2) is 0 Å². The van der Waals surface area contributed by atoms with Gasteiger partial charge in [0, 0.05) is 12.6 Å². The fourth-order valence-corrected chi connectivity index (χ4v) is 3.95. The zero-order valence-electron chi connectivity index (χ0n) is 12.1. The van der Waals surface area contributed by atoms with E-state index in [1.165, 1.54) is 0 Å². The van der Waals surface area contributed by atoms with Crippen molar-refractivity contribution in [3.63, 3.8) is 0 Å². The molecule has 0 bridgehead atoms. The first-order valence-electron chi connectivity index (χ1n) is 6.92. The van der Waals surface area contributed by atoms with E-state index in [1.807, 2.05) is 13.8 Å². The minimum Gasteiger partial charge on any atom is -0.300 e. The van der Waals surface area contributed by atoms with Gasteiger partial charge < -0.3 is 0 Å². The van der Waals surface area contributed by atoms with Crippen LogP contribution in [-0.2, 0) is 9.84 Å². The van der Waals surface area contributed by atoms with Gasteiger partial charge >= 0.3 is 0 Å². The fourth-order valence-electron chi connectivity index (χ4n) is 2.67. The number of sulfone groups is 1. The van der Waals surface area contributed by atoms with E-state index in [0.29, 0.717) is 25.1 Å². The van der Waals surface area contributed by atoms with E-state index in [-0.39, 0.29) is 11.8 Å². The van der Waals surface area contributed by atoms with Crippen LogP contribution in [-0.4, -0.2) is 56.0 Å². The maximum Gasteiger partial charge on any atom is 0.151 e. The molecule has 1 heterocycles. The fraction of sp³-hybridized carbons (Fsp3) is 0.923. The van der Waals surface area contributed by atoms with Crippen LogP contribution in [0.5, 0.6) is 0 Å². The number of hydrogen-bond acceptors (Lipinski definition) is 5. The second kappa shape index (κ2) is 6.69. The molecule has 0 aromatic rings. The van der Waals surface area contributed by atoms with Crippen molar-refractivity contribution >= 4 is 9.84 Å². The highest BCUT2D eigenvalue weighted by Gasteiger charge is 2.29. The number of nitrogens with zero attached hydrogens (tertiary/aromatic N) is 2. The van der Waals surface area contributed by atoms with Crippen molar-refractivity contribution in [2.24, 2.45) is 0 Å². The van der Waals surface area contributed by atoms with Crippen molar-refractivity contribution in [3.8, 4) is 6.07 Å². The summed E-state index contributed by atoms with van der Waals surface area (Å²) in [4.78, 5) is 2.19. The molecule has 0 spiro atoms. The smallest absolute Gasteiger partial charge is 0.151 e. The highest BCUT2D eigenvalue weighted by molar-refractivity contribution is 7.91. The molecule has 5 nitrogen and oxygen atoms in total. The molecule has 19 heavy (non-hydrogen) atoms. The molecule has 0 saturated carbocycles. The van der Waals surface area contributed by atoms with Crippen molar-refractivity contribution in [1.29, 1.82) is 5.26 Å². The lowest BCUT2D eigenvalue weighted by molar-refractivity contribution is 0.189. The van der Waals surface area contributed by atoms with Crippen LogP contribution in [0.3, 0.4) is 0 Å². The maximum absolute atomic E-state index is 11.6. The van der Waals surface area contributed by atoms with E-state index in [9.17, 15) is 13.7 Å². The standard InChI is InChI=1S/C13H25N3O2S/c1-4-15-13(3,11-14)10-12(2)16-6-5-8-19(17,18)9-7-16/h12,15H,4-10H2,1-3H3. The second-order valence-electron chi connectivity index (χ2n) is 5.57. The molecular weight excluding hydrogens is 262 g/mol. The van der Waals surface area contributed by atoms with Gasteiger partial charge in [-0.3, -0.25) is 10.2 Å². The van der Waals surface area contributed by atoms with Gasteiger partial charge in [0.2, 0.25) is 0 Å². The Morgan fingerprint density at radius 3 is 2.68 bits per heavy atom. The molecule has 0 radical (unpaired) electrons. The summed E-state index contributed by atoms with van der Waals surface area (Å²) in [5.74, 6) is 0.529. The summed E-state index contributed by atoms with van der Waals surface area (Å²) in [6.07, 6.45) is 1.40. The topological polar surface area (TPSA) is 73.2 Å². The highest BCUT2D eigenvalue weighted by Crippen LogP contribution is 2.17. The van der Waals surface area contributed by atoms with Gasteiger partial charge in [0.15, 0.2) is 9.84 Å². The lowest BCUT2D eigenvalue weighted by Crippen LogP contribution is -2.47. The molecule has 1 rings (SSSR count). The Hall–Kier alpha value is -0.640. The van der Waals surface area contributed by atoms with Crippen LogP contribution in [0.1, 0.15) is 33.6 Å². The van der Waals surface area contributed by atoms with Crippen molar-refractivity contribution in [3.05, 3.63) is 0 Å². The molecule has 0 amide bonds. The Balaban J connectivity index is 2.63. The van der Waals surface area contributed by atoms with Gasteiger partial charge in [0.25, 0.3) is 0 Å². The van der Waals surface area contributed by atoms with Crippen molar-refractivity contribution < 1.29 is 8.42 Å². The van der Waals surface area contributed by atoms with Gasteiger partial charge in [-0.25, -0.2) is 8.42 Å². The Kier molecular flexibility index (Phi) is 5.78. The summed E-state index contributed by atoms with van der Waals surface area (Å²) in [5, 5.41) is 12.5. The molecule has 1 saturated heterocycles. The van der Waals surface area contributed by atoms with Crippen LogP contribution < -0.4 is 5.32 Å². The molecule has 0 aromatic carbocycles. The Morgan fingerprint density at radius 2 is 2.11 bits per heavy atom. The van der Waals surface area contributed by atoms with E-state index in [0.717, 1.165) is 13.1 Å². The quantitative estimate of drug-likeness (QED) is 0.809. The van der Waals surface area contributed by atoms with Crippen LogP contribution in [0, 0.1) is 11.3 Å². The summed E-state index contributed by atoms with van der Waals surface area (Å²) in [6.45, 7) is 8.10. The SMILES string of the molecule is CCNC(C)(C#N)CC(C)N1CCCS(=O)(=O)CC1. The molecule has 2 unspecified atom stereocenters. The summed E-state index contributed by atoms with van der Waals surface area (Å²) >= 11 is 0. The number of nitrogens with one attached hydrogen (secondary N) is 1. The van der Waals surface area contributed by atoms with Crippen molar-refractivity contribution in [1.82, 2.24) is 10.2 Å². The van der Waals surface area contributed by atoms with E-state index in [2.05, 4.69) is 23.2 Å². The first-order valence-corrected chi connectivity index (χ1v) is 8.75. The van der Waals surface area contributed by atoms with Gasteiger partial charge in [-0.15, -0.1) is 0 Å². The highest BCUT2D eigenvalue weighted by atomic mass is 32.2. The lowest BCUT2D eigenvalue weighted by Gasteiger charge is -2.33. The number of rotatable bonds is 5. The van der Waals surface area contributed by atoms with Gasteiger partial charge in [-0.1, -0.05) is 6.92 Å². The molecule has 0 aliphatic carbocycles. The van der Waals surface area contributed by atoms with Gasteiger partial charge in [-0.05, 0) is 39.8 Å². The zero-order valence-corrected chi connectivity index (χ0v) is 13.0. The summed E-state index contributed by atoms with van der Waals surface area (Å²) in [6, 6.07) is 2.53. The average molecular weight is 287 g/mol. The van der Waals surface area contributed by atoms with Gasteiger partial charge in [0.05, 0.1) is 17.6 Å². The predicted molar refractivity (Wildman–Crippen MR) is 76.6 cm³/mol. The van der Waals surface area contributed by atoms with Crippen LogP contribution in [0.2, 0.25) is 0 Å². The molecule has 1 fully saturated rings. The summed E-state index contributed by atoms with van der Waals surface area (Å²) in [5.41, 5.74) is -0.542. The molecule has 2 atom stereocenters. The molecule has 110 valence electrons. The van der Waals surface area contributed by atoms with Gasteiger partial charge in [-0.2, -0.15) is 5.26 Å². The molecule has 0 aromatic heterocycles. The van der Waals surface area contributed by atoms with Crippen molar-refractivity contribution in [2.45, 2.75) is 45.2 Å². The second-order valence-corrected chi connectivity index (χ2v) is 7.87. The largest absolute Gasteiger partial charge is 0.300 e. The Labute approximate surface area is 116 Å². The van der Waals surface area contributed by atoms with Crippen LogP contribution in [0.4, 0.5) is 0 Å². The van der Waals surface area contributed by atoms with E-state index >= 15 is 0 Å². The Morgan fingerprint density at radius 1 is 1.42 bits per heavy atom. The predicted octanol–water partition coefficient (Wildman–Crippen LogP) is 0.777. The lowest BCUT2D eigenvalue weighted by atomic mass is 9.94. The normalized spacial score (nSPS) is 24.9. The van der Waals surface area contributed by atoms with Crippen LogP contribution >= 0.6 is 0 Å². The third-order valence-electron chi connectivity index (χ3n) is 3.73. The molecule has 1 N–H and O–H groups in total. The number of nitriles is 1. The minimum atomic E-state index is -2.87.